The lowest BCUT2D eigenvalue weighted by Crippen LogP contribution is -2.14. The van der Waals surface area contributed by atoms with E-state index in [-0.39, 0.29) is 5.75 Å². The van der Waals surface area contributed by atoms with Crippen LogP contribution in [0.25, 0.3) is 10.8 Å². The molecule has 0 aromatic heterocycles. The lowest BCUT2D eigenvalue weighted by Gasteiger charge is -2.26. The van der Waals surface area contributed by atoms with Gasteiger partial charge in [-0.2, -0.15) is 0 Å². The number of phosphoric acid groups is 1. The van der Waals surface area contributed by atoms with E-state index in [1.54, 1.807) is 12.1 Å². The molecule has 0 aliphatic rings. The molecule has 0 bridgehead atoms. The molecule has 2 atom stereocenters. The van der Waals surface area contributed by atoms with Crippen LogP contribution in [0.1, 0.15) is 37.2 Å². The maximum absolute atomic E-state index is 11.9. The average molecular weight is 464 g/mol. The van der Waals surface area contributed by atoms with Crippen molar-refractivity contribution in [2.24, 2.45) is 0 Å². The van der Waals surface area contributed by atoms with Crippen LogP contribution in [0.15, 0.2) is 91.0 Å². The van der Waals surface area contributed by atoms with Crippen LogP contribution in [-0.4, -0.2) is 9.79 Å². The Morgan fingerprint density at radius 3 is 1.82 bits per heavy atom. The van der Waals surface area contributed by atoms with Crippen molar-refractivity contribution >= 4 is 18.6 Å². The van der Waals surface area contributed by atoms with Crippen molar-refractivity contribution in [1.29, 1.82) is 0 Å². The van der Waals surface area contributed by atoms with E-state index in [4.69, 9.17) is 14.0 Å². The zero-order valence-electron chi connectivity index (χ0n) is 18.3. The summed E-state index contributed by atoms with van der Waals surface area (Å²) in [6.45, 7) is 3.71. The second-order valence-corrected chi connectivity index (χ2v) is 8.82. The number of phosphoric ester groups is 1. The maximum atomic E-state index is 11.9. The first-order chi connectivity index (χ1) is 15.8. The van der Waals surface area contributed by atoms with Crippen LogP contribution in [0.5, 0.6) is 17.2 Å². The Labute approximate surface area is 192 Å². The molecular formula is C26H25O6P. The number of benzene rings is 4. The molecule has 0 amide bonds. The van der Waals surface area contributed by atoms with E-state index in [0.29, 0.717) is 28.0 Å². The van der Waals surface area contributed by atoms with Gasteiger partial charge < -0.3 is 14.0 Å². The highest BCUT2D eigenvalue weighted by molar-refractivity contribution is 7.46. The summed E-state index contributed by atoms with van der Waals surface area (Å²) in [5.41, 5.74) is 1.23. The minimum Gasteiger partial charge on any atom is -0.486 e. The first-order valence-corrected chi connectivity index (χ1v) is 12.1. The molecule has 2 N–H and O–H groups in total. The minimum absolute atomic E-state index is 0.0865. The number of rotatable bonds is 8. The summed E-state index contributed by atoms with van der Waals surface area (Å²) in [6.07, 6.45) is -1.04. The van der Waals surface area contributed by atoms with Crippen molar-refractivity contribution in [2.75, 3.05) is 0 Å². The Balaban J connectivity index is 1.88. The van der Waals surface area contributed by atoms with E-state index < -0.39 is 20.0 Å². The summed E-state index contributed by atoms with van der Waals surface area (Å²) in [4.78, 5) is 19.4. The summed E-state index contributed by atoms with van der Waals surface area (Å²) in [7, 11) is -4.85. The van der Waals surface area contributed by atoms with Crippen LogP contribution in [0, 0.1) is 0 Å². The smallest absolute Gasteiger partial charge is 0.486 e. The molecule has 4 aromatic rings. The van der Waals surface area contributed by atoms with E-state index in [9.17, 15) is 14.4 Å². The molecule has 0 aliphatic carbocycles. The number of hydrogen-bond donors (Lipinski definition) is 2. The summed E-state index contributed by atoms with van der Waals surface area (Å²) >= 11 is 0. The van der Waals surface area contributed by atoms with Gasteiger partial charge in [-0.1, -0.05) is 60.7 Å². The average Bonchev–Trinajstić information content (AvgIpc) is 2.79. The Morgan fingerprint density at radius 2 is 1.24 bits per heavy atom. The van der Waals surface area contributed by atoms with Crippen molar-refractivity contribution in [3.05, 3.63) is 102 Å². The van der Waals surface area contributed by atoms with Crippen LogP contribution in [0.2, 0.25) is 0 Å². The Morgan fingerprint density at radius 1 is 0.727 bits per heavy atom. The number of ether oxygens (including phenoxy) is 2. The maximum Gasteiger partial charge on any atom is 0.524 e. The summed E-state index contributed by atoms with van der Waals surface area (Å²) < 4.78 is 29.6. The van der Waals surface area contributed by atoms with Crippen molar-refractivity contribution in [1.82, 2.24) is 0 Å². The lowest BCUT2D eigenvalue weighted by molar-refractivity contribution is 0.199. The third-order valence-corrected chi connectivity index (χ3v) is 5.66. The normalized spacial score (nSPS) is 13.3. The molecule has 7 heteroatoms. The van der Waals surface area contributed by atoms with E-state index in [2.05, 4.69) is 0 Å². The van der Waals surface area contributed by atoms with E-state index >= 15 is 0 Å². The molecule has 0 saturated heterocycles. The van der Waals surface area contributed by atoms with Gasteiger partial charge in [0.05, 0.1) is 0 Å². The fourth-order valence-electron chi connectivity index (χ4n) is 3.85. The van der Waals surface area contributed by atoms with Crippen LogP contribution in [-0.2, 0) is 4.57 Å². The monoisotopic (exact) mass is 464 g/mol. The number of fused-ring (bicyclic) bond motifs is 1. The quantitative estimate of drug-likeness (QED) is 0.286. The van der Waals surface area contributed by atoms with E-state index in [0.717, 1.165) is 5.39 Å². The summed E-state index contributed by atoms with van der Waals surface area (Å²) in [5.74, 6) is 1.39. The van der Waals surface area contributed by atoms with Gasteiger partial charge in [-0.05, 0) is 49.6 Å². The fourth-order valence-corrected chi connectivity index (χ4v) is 4.29. The number of hydrogen-bond acceptors (Lipinski definition) is 4. The fraction of sp³-hybridized carbons (Fsp3) is 0.154. The SMILES string of the molecule is CC(Oc1ccccc1)c1cc2ccccc2c(OP(=O)(O)O)c1C(C)Oc1ccccc1. The second kappa shape index (κ2) is 9.67. The molecule has 0 radical (unpaired) electrons. The minimum atomic E-state index is -4.85. The first-order valence-electron chi connectivity index (χ1n) is 10.6. The Bertz CT molecular complexity index is 1270. The van der Waals surface area contributed by atoms with Crippen molar-refractivity contribution < 1.29 is 28.3 Å². The standard InChI is InChI=1S/C26H25O6P/c1-18(30-21-12-5-3-6-13-21)24-17-20-11-9-10-16-23(20)26(32-33(27,28)29)25(24)19(2)31-22-14-7-4-8-15-22/h3-19H,1-2H3,(H2,27,28,29). The third kappa shape index (κ3) is 5.55. The topological polar surface area (TPSA) is 85.2 Å². The van der Waals surface area contributed by atoms with Crippen molar-refractivity contribution in [3.63, 3.8) is 0 Å². The highest BCUT2D eigenvalue weighted by Gasteiger charge is 2.29. The van der Waals surface area contributed by atoms with Crippen LogP contribution in [0.3, 0.4) is 0 Å². The third-order valence-electron chi connectivity index (χ3n) is 5.24. The van der Waals surface area contributed by atoms with E-state index in [1.807, 2.05) is 92.7 Å². The summed E-state index contributed by atoms with van der Waals surface area (Å²) in [5, 5.41) is 1.35. The van der Waals surface area contributed by atoms with Crippen LogP contribution >= 0.6 is 7.82 Å². The molecule has 0 fully saturated rings. The molecule has 33 heavy (non-hydrogen) atoms. The Kier molecular flexibility index (Phi) is 6.70. The zero-order valence-corrected chi connectivity index (χ0v) is 19.2. The predicted molar refractivity (Wildman–Crippen MR) is 128 cm³/mol. The molecule has 0 heterocycles. The number of para-hydroxylation sites is 2. The van der Waals surface area contributed by atoms with E-state index in [1.165, 1.54) is 0 Å². The first kappa shape index (κ1) is 22.9. The van der Waals surface area contributed by atoms with Gasteiger partial charge in [0, 0.05) is 16.5 Å². The van der Waals surface area contributed by atoms with Gasteiger partial charge in [0.1, 0.15) is 29.5 Å². The Hall–Kier alpha value is -3.31. The van der Waals surface area contributed by atoms with Gasteiger partial charge in [-0.3, -0.25) is 9.79 Å². The molecule has 0 saturated carbocycles. The van der Waals surface area contributed by atoms with Gasteiger partial charge in [0.25, 0.3) is 0 Å². The van der Waals surface area contributed by atoms with Gasteiger partial charge in [-0.15, -0.1) is 0 Å². The molecule has 0 aliphatic heterocycles. The molecule has 4 rings (SSSR count). The predicted octanol–water partition coefficient (Wildman–Crippen LogP) is 6.59. The van der Waals surface area contributed by atoms with Gasteiger partial charge >= 0.3 is 7.82 Å². The highest BCUT2D eigenvalue weighted by Crippen LogP contribution is 2.47. The molecule has 2 unspecified atom stereocenters. The highest BCUT2D eigenvalue weighted by atomic mass is 31.2. The van der Waals surface area contributed by atoms with Crippen molar-refractivity contribution in [2.45, 2.75) is 26.1 Å². The van der Waals surface area contributed by atoms with Crippen LogP contribution < -0.4 is 14.0 Å². The molecule has 6 nitrogen and oxygen atoms in total. The van der Waals surface area contributed by atoms with Gasteiger partial charge in [0.15, 0.2) is 0 Å². The molecule has 4 aromatic carbocycles. The summed E-state index contributed by atoms with van der Waals surface area (Å²) in [6, 6.07) is 27.9. The zero-order chi connectivity index (χ0) is 23.4. The lowest BCUT2D eigenvalue weighted by atomic mass is 9.93. The van der Waals surface area contributed by atoms with Crippen LogP contribution in [0.4, 0.5) is 0 Å². The van der Waals surface area contributed by atoms with Crippen molar-refractivity contribution in [3.8, 4) is 17.2 Å². The second-order valence-electron chi connectivity index (χ2n) is 7.66. The molecule has 0 spiro atoms. The largest absolute Gasteiger partial charge is 0.524 e. The molecule has 170 valence electrons. The van der Waals surface area contributed by atoms with Gasteiger partial charge in [0.2, 0.25) is 0 Å². The molecular weight excluding hydrogens is 439 g/mol. The van der Waals surface area contributed by atoms with Gasteiger partial charge in [-0.25, -0.2) is 4.57 Å².